The van der Waals surface area contributed by atoms with Crippen molar-refractivity contribution in [3.8, 4) is 0 Å². The van der Waals surface area contributed by atoms with Crippen molar-refractivity contribution in [3.05, 3.63) is 18.7 Å². The zero-order valence-corrected chi connectivity index (χ0v) is 9.35. The number of aromatic nitrogens is 2. The third-order valence-electron chi connectivity index (χ3n) is 2.03. The average molecular weight is 237 g/mol. The van der Waals surface area contributed by atoms with Gasteiger partial charge in [0.05, 0.1) is 18.1 Å². The van der Waals surface area contributed by atoms with Crippen molar-refractivity contribution >= 4 is 30.5 Å². The Balaban J connectivity index is 0.000000845. The summed E-state index contributed by atoms with van der Waals surface area (Å²) in [6, 6.07) is 0. The maximum absolute atomic E-state index is 3.99. The Labute approximate surface area is 95.9 Å². The van der Waals surface area contributed by atoms with Crippen LogP contribution in [0.5, 0.6) is 0 Å². The Bertz CT molecular complexity index is 238. The van der Waals surface area contributed by atoms with Crippen LogP contribution >= 0.6 is 24.8 Å². The molecule has 2 rings (SSSR count). The number of anilines is 1. The summed E-state index contributed by atoms with van der Waals surface area (Å²) in [4.78, 5) is 10.3. The monoisotopic (exact) mass is 236 g/mol. The highest BCUT2D eigenvalue weighted by Crippen LogP contribution is 2.09. The van der Waals surface area contributed by atoms with E-state index in [1.54, 1.807) is 6.33 Å². The van der Waals surface area contributed by atoms with Gasteiger partial charge in [0.1, 0.15) is 6.33 Å². The van der Waals surface area contributed by atoms with Gasteiger partial charge in [-0.2, -0.15) is 0 Å². The van der Waals surface area contributed by atoms with Crippen LogP contribution in [-0.2, 0) is 0 Å². The van der Waals surface area contributed by atoms with Gasteiger partial charge in [-0.3, -0.25) is 0 Å². The molecule has 0 atom stereocenters. The zero-order valence-electron chi connectivity index (χ0n) is 7.72. The molecular formula is C8H14Cl2N4. The normalized spacial score (nSPS) is 15.3. The molecule has 1 aliphatic rings. The number of hydrogen-bond acceptors (Lipinski definition) is 4. The van der Waals surface area contributed by atoms with Crippen LogP contribution in [0.15, 0.2) is 18.7 Å². The highest BCUT2D eigenvalue weighted by atomic mass is 35.5. The smallest absolute Gasteiger partial charge is 0.115 e. The Morgan fingerprint density at radius 3 is 2.21 bits per heavy atom. The third-order valence-corrected chi connectivity index (χ3v) is 2.03. The molecule has 0 radical (unpaired) electrons. The van der Waals surface area contributed by atoms with Gasteiger partial charge in [-0.05, 0) is 0 Å². The molecule has 14 heavy (non-hydrogen) atoms. The van der Waals surface area contributed by atoms with Crippen LogP contribution in [0.1, 0.15) is 0 Å². The maximum Gasteiger partial charge on any atom is 0.115 e. The summed E-state index contributed by atoms with van der Waals surface area (Å²) < 4.78 is 0. The lowest BCUT2D eigenvalue weighted by molar-refractivity contribution is 0.588. The van der Waals surface area contributed by atoms with Crippen LogP contribution in [0.2, 0.25) is 0 Å². The van der Waals surface area contributed by atoms with E-state index in [2.05, 4.69) is 20.2 Å². The van der Waals surface area contributed by atoms with Crippen LogP contribution in [0.4, 0.5) is 5.69 Å². The van der Waals surface area contributed by atoms with E-state index in [1.165, 1.54) is 0 Å². The van der Waals surface area contributed by atoms with E-state index >= 15 is 0 Å². The topological polar surface area (TPSA) is 41.1 Å². The SMILES string of the molecule is Cl.Cl.c1ncc(N2CCNCC2)cn1. The molecule has 0 spiro atoms. The van der Waals surface area contributed by atoms with E-state index in [4.69, 9.17) is 0 Å². The molecule has 1 aromatic rings. The summed E-state index contributed by atoms with van der Waals surface area (Å²) >= 11 is 0. The van der Waals surface area contributed by atoms with Gasteiger partial charge in [0.15, 0.2) is 0 Å². The molecule has 0 bridgehead atoms. The number of hydrogen-bond donors (Lipinski definition) is 1. The van der Waals surface area contributed by atoms with Gasteiger partial charge in [0.2, 0.25) is 0 Å². The second-order valence-electron chi connectivity index (χ2n) is 2.83. The van der Waals surface area contributed by atoms with Crippen LogP contribution in [0.3, 0.4) is 0 Å². The molecule has 80 valence electrons. The number of nitrogens with one attached hydrogen (secondary N) is 1. The zero-order chi connectivity index (χ0) is 8.23. The van der Waals surface area contributed by atoms with Crippen molar-refractivity contribution in [3.63, 3.8) is 0 Å². The summed E-state index contributed by atoms with van der Waals surface area (Å²) in [7, 11) is 0. The highest BCUT2D eigenvalue weighted by Gasteiger charge is 2.09. The third kappa shape index (κ3) is 3.29. The molecule has 1 aliphatic heterocycles. The minimum absolute atomic E-state index is 0. The van der Waals surface area contributed by atoms with Gasteiger partial charge in [0.25, 0.3) is 0 Å². The molecule has 0 amide bonds. The van der Waals surface area contributed by atoms with Gasteiger partial charge in [-0.25, -0.2) is 9.97 Å². The van der Waals surface area contributed by atoms with E-state index in [9.17, 15) is 0 Å². The van der Waals surface area contributed by atoms with Gasteiger partial charge in [-0.1, -0.05) is 0 Å². The number of rotatable bonds is 1. The summed E-state index contributed by atoms with van der Waals surface area (Å²) in [5.41, 5.74) is 1.12. The first-order chi connectivity index (χ1) is 5.97. The summed E-state index contributed by atoms with van der Waals surface area (Å²) in [5.74, 6) is 0. The number of halogens is 2. The van der Waals surface area contributed by atoms with Crippen molar-refractivity contribution in [2.24, 2.45) is 0 Å². The van der Waals surface area contributed by atoms with Crippen LogP contribution in [-0.4, -0.2) is 36.1 Å². The molecule has 1 saturated heterocycles. The van der Waals surface area contributed by atoms with Crippen molar-refractivity contribution in [1.82, 2.24) is 15.3 Å². The molecule has 0 aromatic carbocycles. The number of nitrogens with zero attached hydrogens (tertiary/aromatic N) is 3. The van der Waals surface area contributed by atoms with Gasteiger partial charge >= 0.3 is 0 Å². The lowest BCUT2D eigenvalue weighted by Gasteiger charge is -2.28. The molecular weight excluding hydrogens is 223 g/mol. The highest BCUT2D eigenvalue weighted by molar-refractivity contribution is 5.85. The van der Waals surface area contributed by atoms with Gasteiger partial charge in [0, 0.05) is 26.2 Å². The average Bonchev–Trinajstić information content (AvgIpc) is 2.21. The second-order valence-corrected chi connectivity index (χ2v) is 2.83. The fraction of sp³-hybridized carbons (Fsp3) is 0.500. The van der Waals surface area contributed by atoms with E-state index in [1.807, 2.05) is 12.4 Å². The van der Waals surface area contributed by atoms with Crippen LogP contribution in [0.25, 0.3) is 0 Å². The molecule has 1 aromatic heterocycles. The Kier molecular flexibility index (Phi) is 6.53. The van der Waals surface area contributed by atoms with Crippen LogP contribution < -0.4 is 10.2 Å². The van der Waals surface area contributed by atoms with Gasteiger partial charge < -0.3 is 10.2 Å². The van der Waals surface area contributed by atoms with Crippen molar-refractivity contribution in [1.29, 1.82) is 0 Å². The molecule has 1 N–H and O–H groups in total. The van der Waals surface area contributed by atoms with Crippen molar-refractivity contribution in [2.45, 2.75) is 0 Å². The number of piperazine rings is 1. The first kappa shape index (κ1) is 13.4. The Hall–Kier alpha value is -0.580. The Morgan fingerprint density at radius 2 is 1.64 bits per heavy atom. The molecule has 1 fully saturated rings. The van der Waals surface area contributed by atoms with E-state index < -0.39 is 0 Å². The van der Waals surface area contributed by atoms with E-state index in [-0.39, 0.29) is 24.8 Å². The fourth-order valence-electron chi connectivity index (χ4n) is 1.38. The lowest BCUT2D eigenvalue weighted by atomic mass is 10.3. The summed E-state index contributed by atoms with van der Waals surface area (Å²) in [5, 5.41) is 3.30. The van der Waals surface area contributed by atoms with Crippen molar-refractivity contribution in [2.75, 3.05) is 31.1 Å². The summed E-state index contributed by atoms with van der Waals surface area (Å²) in [6.07, 6.45) is 5.28. The van der Waals surface area contributed by atoms with Crippen LogP contribution in [0, 0.1) is 0 Å². The lowest BCUT2D eigenvalue weighted by Crippen LogP contribution is -2.43. The van der Waals surface area contributed by atoms with E-state index in [0.717, 1.165) is 31.9 Å². The summed E-state index contributed by atoms with van der Waals surface area (Å²) in [6.45, 7) is 4.20. The molecule has 0 saturated carbocycles. The van der Waals surface area contributed by atoms with E-state index in [0.29, 0.717) is 0 Å². The second kappa shape index (κ2) is 6.81. The first-order valence-corrected chi connectivity index (χ1v) is 4.17. The minimum atomic E-state index is 0. The fourth-order valence-corrected chi connectivity index (χ4v) is 1.38. The Morgan fingerprint density at radius 1 is 1.07 bits per heavy atom. The quantitative estimate of drug-likeness (QED) is 0.781. The largest absolute Gasteiger partial charge is 0.366 e. The first-order valence-electron chi connectivity index (χ1n) is 4.17. The molecule has 0 unspecified atom stereocenters. The molecule has 2 heterocycles. The van der Waals surface area contributed by atoms with Crippen molar-refractivity contribution < 1.29 is 0 Å². The van der Waals surface area contributed by atoms with Gasteiger partial charge in [-0.15, -0.1) is 24.8 Å². The standard InChI is InChI=1S/C8H12N4.2ClH/c1-3-12(4-2-9-1)8-5-10-7-11-6-8;;/h5-7,9H,1-4H2;2*1H. The predicted molar refractivity (Wildman–Crippen MR) is 61.6 cm³/mol. The maximum atomic E-state index is 3.99. The minimum Gasteiger partial charge on any atom is -0.366 e. The molecule has 0 aliphatic carbocycles. The molecule has 6 heteroatoms. The predicted octanol–water partition coefficient (Wildman–Crippen LogP) is 0.730. The molecule has 4 nitrogen and oxygen atoms in total.